The summed E-state index contributed by atoms with van der Waals surface area (Å²) >= 11 is 1.86. The lowest BCUT2D eigenvalue weighted by Gasteiger charge is -2.15. The van der Waals surface area contributed by atoms with Crippen molar-refractivity contribution < 1.29 is 4.57 Å². The molecule has 164 valence electrons. The molecule has 0 radical (unpaired) electrons. The molecular formula is C31H25N2S+. The number of thiophene rings is 1. The van der Waals surface area contributed by atoms with E-state index in [9.17, 15) is 0 Å². The molecule has 0 fully saturated rings. The van der Waals surface area contributed by atoms with Crippen LogP contribution in [-0.4, -0.2) is 4.98 Å². The Labute approximate surface area is 203 Å². The van der Waals surface area contributed by atoms with Gasteiger partial charge in [-0.05, 0) is 60.4 Å². The molecule has 0 saturated heterocycles. The Morgan fingerprint density at radius 2 is 1.47 bits per heavy atom. The van der Waals surface area contributed by atoms with E-state index in [1.54, 1.807) is 0 Å². The van der Waals surface area contributed by atoms with Crippen molar-refractivity contribution in [3.8, 4) is 33.6 Å². The highest BCUT2D eigenvalue weighted by Gasteiger charge is 2.21. The summed E-state index contributed by atoms with van der Waals surface area (Å²) < 4.78 is 4.79. The molecule has 3 heteroatoms. The zero-order chi connectivity index (χ0) is 23.2. The lowest BCUT2D eigenvalue weighted by Crippen LogP contribution is -2.30. The van der Waals surface area contributed by atoms with Gasteiger partial charge in [0.15, 0.2) is 6.20 Å². The van der Waals surface area contributed by atoms with Crippen molar-refractivity contribution in [1.82, 2.24) is 4.98 Å². The SMILES string of the molecule is Cc1cnc(-c2c(-c3ccccc3-c3cccc[n+]3C)ccc3c2sc2ccccc23)cc1C. The fraction of sp³-hybridized carbons (Fsp3) is 0.0968. The van der Waals surface area contributed by atoms with Crippen LogP contribution < -0.4 is 4.57 Å². The highest BCUT2D eigenvalue weighted by molar-refractivity contribution is 7.26. The molecule has 0 unspecified atom stereocenters. The standard InChI is InChI=1S/C31H25N2S/c1-20-18-27(32-19-21(20)2)30-25(15-16-26-24-12-6-7-14-29(24)34-31(26)30)22-10-4-5-11-23(22)28-13-8-9-17-33(28)3/h4-19H,1-3H3/q+1. The van der Waals surface area contributed by atoms with E-state index < -0.39 is 0 Å². The maximum Gasteiger partial charge on any atom is 0.212 e. The van der Waals surface area contributed by atoms with E-state index in [0.717, 1.165) is 5.69 Å². The highest BCUT2D eigenvalue weighted by atomic mass is 32.1. The molecule has 0 N–H and O–H groups in total. The van der Waals surface area contributed by atoms with Crippen molar-refractivity contribution >= 4 is 31.5 Å². The van der Waals surface area contributed by atoms with Gasteiger partial charge in [0, 0.05) is 44.1 Å². The molecule has 0 atom stereocenters. The van der Waals surface area contributed by atoms with Crippen LogP contribution in [0.1, 0.15) is 11.1 Å². The van der Waals surface area contributed by atoms with Crippen LogP contribution in [-0.2, 0) is 7.05 Å². The van der Waals surface area contributed by atoms with Gasteiger partial charge in [0.25, 0.3) is 0 Å². The Balaban J connectivity index is 1.73. The first kappa shape index (κ1) is 20.8. The molecule has 0 aliphatic heterocycles. The van der Waals surface area contributed by atoms with Crippen LogP contribution in [0.3, 0.4) is 0 Å². The Morgan fingerprint density at radius 3 is 2.29 bits per heavy atom. The maximum atomic E-state index is 4.94. The lowest BCUT2D eigenvalue weighted by molar-refractivity contribution is -0.660. The number of nitrogens with zero attached hydrogens (tertiary/aromatic N) is 2. The molecule has 0 spiro atoms. The Hall–Kier alpha value is -3.82. The maximum absolute atomic E-state index is 4.94. The van der Waals surface area contributed by atoms with Crippen LogP contribution in [0.25, 0.3) is 53.8 Å². The Kier molecular flexibility index (Phi) is 5.00. The second-order valence-corrected chi connectivity index (χ2v) is 9.91. The van der Waals surface area contributed by atoms with Crippen molar-refractivity contribution in [1.29, 1.82) is 0 Å². The van der Waals surface area contributed by atoms with Crippen LogP contribution >= 0.6 is 11.3 Å². The largest absolute Gasteiger partial charge is 0.256 e. The lowest BCUT2D eigenvalue weighted by atomic mass is 9.90. The second-order valence-electron chi connectivity index (χ2n) is 8.86. The van der Waals surface area contributed by atoms with Gasteiger partial charge >= 0.3 is 0 Å². The molecule has 0 saturated carbocycles. The summed E-state index contributed by atoms with van der Waals surface area (Å²) in [7, 11) is 2.10. The number of rotatable bonds is 3. The van der Waals surface area contributed by atoms with Gasteiger partial charge in [-0.1, -0.05) is 48.5 Å². The minimum Gasteiger partial charge on any atom is -0.256 e. The van der Waals surface area contributed by atoms with Crippen molar-refractivity contribution in [3.05, 3.63) is 108 Å². The second kappa shape index (κ2) is 8.19. The van der Waals surface area contributed by atoms with Crippen molar-refractivity contribution in [2.24, 2.45) is 7.05 Å². The first-order valence-electron chi connectivity index (χ1n) is 11.5. The van der Waals surface area contributed by atoms with Gasteiger partial charge in [-0.2, -0.15) is 0 Å². The van der Waals surface area contributed by atoms with Crippen LogP contribution in [0.4, 0.5) is 0 Å². The zero-order valence-electron chi connectivity index (χ0n) is 19.5. The first-order chi connectivity index (χ1) is 16.6. The molecular weight excluding hydrogens is 432 g/mol. The number of aromatic nitrogens is 2. The molecule has 0 aliphatic carbocycles. The number of pyridine rings is 2. The third-order valence-electron chi connectivity index (χ3n) is 6.72. The van der Waals surface area contributed by atoms with Gasteiger partial charge < -0.3 is 0 Å². The van der Waals surface area contributed by atoms with E-state index in [1.165, 1.54) is 59.2 Å². The van der Waals surface area contributed by atoms with Crippen molar-refractivity contribution in [2.45, 2.75) is 13.8 Å². The van der Waals surface area contributed by atoms with Gasteiger partial charge in [-0.25, -0.2) is 4.57 Å². The summed E-state index contributed by atoms with van der Waals surface area (Å²) in [5.41, 5.74) is 9.57. The number of aryl methyl sites for hydroxylation is 3. The van der Waals surface area contributed by atoms with Crippen LogP contribution in [0.5, 0.6) is 0 Å². The normalized spacial score (nSPS) is 11.4. The number of benzene rings is 3. The van der Waals surface area contributed by atoms with Crippen LogP contribution in [0, 0.1) is 13.8 Å². The van der Waals surface area contributed by atoms with E-state index in [2.05, 4.69) is 117 Å². The van der Waals surface area contributed by atoms with Gasteiger partial charge in [-0.3, -0.25) is 4.98 Å². The fourth-order valence-corrected chi connectivity index (χ4v) is 6.03. The highest BCUT2D eigenvalue weighted by Crippen LogP contribution is 2.46. The topological polar surface area (TPSA) is 16.8 Å². The van der Waals surface area contributed by atoms with Crippen molar-refractivity contribution in [2.75, 3.05) is 0 Å². The monoisotopic (exact) mass is 457 g/mol. The van der Waals surface area contributed by atoms with E-state index in [4.69, 9.17) is 4.98 Å². The van der Waals surface area contributed by atoms with Crippen molar-refractivity contribution in [3.63, 3.8) is 0 Å². The molecule has 0 amide bonds. The molecule has 3 aromatic carbocycles. The van der Waals surface area contributed by atoms with Gasteiger partial charge in [0.05, 0.1) is 11.3 Å². The third kappa shape index (κ3) is 3.32. The number of hydrogen-bond donors (Lipinski definition) is 0. The van der Waals surface area contributed by atoms with Crippen LogP contribution in [0.2, 0.25) is 0 Å². The summed E-state index contributed by atoms with van der Waals surface area (Å²) in [4.78, 5) is 4.94. The molecule has 0 bridgehead atoms. The molecule has 0 aliphatic rings. The average Bonchev–Trinajstić information content (AvgIpc) is 3.24. The van der Waals surface area contributed by atoms with E-state index in [0.29, 0.717) is 0 Å². The minimum atomic E-state index is 1.03. The zero-order valence-corrected chi connectivity index (χ0v) is 20.4. The predicted molar refractivity (Wildman–Crippen MR) is 144 cm³/mol. The molecule has 6 rings (SSSR count). The summed E-state index contributed by atoms with van der Waals surface area (Å²) in [6.07, 6.45) is 4.11. The molecule has 3 aromatic heterocycles. The summed E-state index contributed by atoms with van der Waals surface area (Å²) in [5.74, 6) is 0. The molecule has 2 nitrogen and oxygen atoms in total. The molecule has 34 heavy (non-hydrogen) atoms. The summed E-state index contributed by atoms with van der Waals surface area (Å²) in [6, 6.07) is 30.6. The van der Waals surface area contributed by atoms with Gasteiger partial charge in [0.1, 0.15) is 7.05 Å². The van der Waals surface area contributed by atoms with Gasteiger partial charge in [-0.15, -0.1) is 11.3 Å². The van der Waals surface area contributed by atoms with Gasteiger partial charge in [0.2, 0.25) is 5.69 Å². The van der Waals surface area contributed by atoms with Crippen LogP contribution in [0.15, 0.2) is 97.3 Å². The van der Waals surface area contributed by atoms with E-state index in [-0.39, 0.29) is 0 Å². The number of hydrogen-bond acceptors (Lipinski definition) is 2. The number of fused-ring (bicyclic) bond motifs is 3. The third-order valence-corrected chi connectivity index (χ3v) is 7.93. The van der Waals surface area contributed by atoms with E-state index in [1.807, 2.05) is 17.5 Å². The summed E-state index contributed by atoms with van der Waals surface area (Å²) in [6.45, 7) is 4.29. The molecule has 3 heterocycles. The minimum absolute atomic E-state index is 1.03. The molecule has 6 aromatic rings. The average molecular weight is 458 g/mol. The Bertz CT molecular complexity index is 1690. The van der Waals surface area contributed by atoms with E-state index >= 15 is 0 Å². The Morgan fingerprint density at radius 1 is 0.706 bits per heavy atom. The fourth-order valence-electron chi connectivity index (χ4n) is 4.77. The smallest absolute Gasteiger partial charge is 0.212 e. The quantitative estimate of drug-likeness (QED) is 0.247. The summed E-state index contributed by atoms with van der Waals surface area (Å²) in [5, 5.41) is 2.60. The first-order valence-corrected chi connectivity index (χ1v) is 12.4. The predicted octanol–water partition coefficient (Wildman–Crippen LogP) is 7.89.